The van der Waals surface area contributed by atoms with Crippen LogP contribution in [0.15, 0.2) is 37.4 Å². The summed E-state index contributed by atoms with van der Waals surface area (Å²) in [6.07, 6.45) is 0.581. The van der Waals surface area contributed by atoms with Crippen molar-refractivity contribution >= 4 is 17.4 Å². The standard InChI is InChI=1S/C10H10ClFO.C2H4/c1-2-9(11)10(13)7-3-5-8(12)6-4-7;1-2/h3-6,9H,2H2,1H3;1-2H2. The lowest BCUT2D eigenvalue weighted by Gasteiger charge is -2.04. The van der Waals surface area contributed by atoms with Crippen LogP contribution in [0.1, 0.15) is 23.7 Å². The average Bonchev–Trinajstić information content (AvgIpc) is 2.31. The Bertz CT molecular complexity index is 308. The van der Waals surface area contributed by atoms with E-state index in [0.717, 1.165) is 0 Å². The third-order valence-electron chi connectivity index (χ3n) is 1.77. The van der Waals surface area contributed by atoms with Crippen LogP contribution in [0, 0.1) is 5.82 Å². The van der Waals surface area contributed by atoms with Gasteiger partial charge in [0.25, 0.3) is 0 Å². The van der Waals surface area contributed by atoms with Crippen LogP contribution in [-0.4, -0.2) is 11.2 Å². The lowest BCUT2D eigenvalue weighted by molar-refractivity contribution is 0.0985. The maximum Gasteiger partial charge on any atom is 0.180 e. The third-order valence-corrected chi connectivity index (χ3v) is 2.28. The Hall–Kier alpha value is -1.15. The molecule has 0 aromatic heterocycles. The number of Topliss-reactive ketones (excluding diaryl/α,β-unsaturated/α-hetero) is 1. The molecule has 15 heavy (non-hydrogen) atoms. The van der Waals surface area contributed by atoms with E-state index in [9.17, 15) is 9.18 Å². The van der Waals surface area contributed by atoms with Crippen molar-refractivity contribution in [3.63, 3.8) is 0 Å². The molecule has 1 aromatic rings. The molecular weight excluding hydrogens is 215 g/mol. The van der Waals surface area contributed by atoms with Gasteiger partial charge in [0.1, 0.15) is 5.82 Å². The smallest absolute Gasteiger partial charge is 0.180 e. The van der Waals surface area contributed by atoms with Gasteiger partial charge in [0.2, 0.25) is 0 Å². The van der Waals surface area contributed by atoms with E-state index in [4.69, 9.17) is 11.6 Å². The highest BCUT2D eigenvalue weighted by atomic mass is 35.5. The van der Waals surface area contributed by atoms with Gasteiger partial charge in [0.05, 0.1) is 5.38 Å². The summed E-state index contributed by atoms with van der Waals surface area (Å²) in [5, 5.41) is -0.509. The van der Waals surface area contributed by atoms with Crippen LogP contribution < -0.4 is 0 Å². The van der Waals surface area contributed by atoms with Crippen LogP contribution in [0.2, 0.25) is 0 Å². The van der Waals surface area contributed by atoms with E-state index < -0.39 is 5.38 Å². The molecule has 0 heterocycles. The molecule has 1 unspecified atom stereocenters. The first-order valence-electron chi connectivity index (χ1n) is 4.59. The lowest BCUT2D eigenvalue weighted by Crippen LogP contribution is -2.13. The van der Waals surface area contributed by atoms with Crippen molar-refractivity contribution < 1.29 is 9.18 Å². The Morgan fingerprint density at radius 3 is 2.27 bits per heavy atom. The first-order valence-corrected chi connectivity index (χ1v) is 5.02. The van der Waals surface area contributed by atoms with E-state index >= 15 is 0 Å². The Labute approximate surface area is 94.6 Å². The van der Waals surface area contributed by atoms with E-state index in [0.29, 0.717) is 12.0 Å². The molecule has 0 N–H and O–H groups in total. The molecule has 1 atom stereocenters. The molecule has 1 nitrogen and oxygen atoms in total. The first-order chi connectivity index (χ1) is 7.15. The van der Waals surface area contributed by atoms with E-state index in [-0.39, 0.29) is 11.6 Å². The summed E-state index contributed by atoms with van der Waals surface area (Å²) >= 11 is 5.75. The van der Waals surface area contributed by atoms with Gasteiger partial charge in [-0.05, 0) is 30.7 Å². The monoisotopic (exact) mass is 228 g/mol. The van der Waals surface area contributed by atoms with Gasteiger partial charge in [0, 0.05) is 5.56 Å². The molecule has 0 saturated carbocycles. The van der Waals surface area contributed by atoms with Crippen LogP contribution >= 0.6 is 11.6 Å². The van der Waals surface area contributed by atoms with E-state index in [1.807, 2.05) is 6.92 Å². The highest BCUT2D eigenvalue weighted by Crippen LogP contribution is 2.11. The summed E-state index contributed by atoms with van der Waals surface area (Å²) < 4.78 is 12.5. The number of rotatable bonds is 3. The summed E-state index contributed by atoms with van der Waals surface area (Å²) in [5.74, 6) is -0.497. The average molecular weight is 229 g/mol. The summed E-state index contributed by atoms with van der Waals surface area (Å²) in [5.41, 5.74) is 0.461. The van der Waals surface area contributed by atoms with Crippen molar-refractivity contribution in [2.45, 2.75) is 18.7 Å². The predicted octanol–water partition coefficient (Wildman–Crippen LogP) is 3.83. The van der Waals surface area contributed by atoms with Gasteiger partial charge in [-0.1, -0.05) is 6.92 Å². The zero-order valence-electron chi connectivity index (χ0n) is 8.67. The Morgan fingerprint density at radius 1 is 1.40 bits per heavy atom. The number of ketones is 1. The zero-order valence-corrected chi connectivity index (χ0v) is 9.43. The van der Waals surface area contributed by atoms with Gasteiger partial charge in [-0.2, -0.15) is 0 Å². The van der Waals surface area contributed by atoms with Crippen LogP contribution in [0.5, 0.6) is 0 Å². The highest BCUT2D eigenvalue weighted by molar-refractivity contribution is 6.33. The van der Waals surface area contributed by atoms with Crippen molar-refractivity contribution in [3.05, 3.63) is 48.8 Å². The summed E-state index contributed by atoms with van der Waals surface area (Å²) in [7, 11) is 0. The van der Waals surface area contributed by atoms with Crippen molar-refractivity contribution in [1.29, 1.82) is 0 Å². The molecule has 0 aliphatic rings. The fourth-order valence-corrected chi connectivity index (χ4v) is 1.11. The van der Waals surface area contributed by atoms with Crippen molar-refractivity contribution in [2.75, 3.05) is 0 Å². The number of carbonyl (C=O) groups excluding carboxylic acids is 1. The SMILES string of the molecule is C=C.CCC(Cl)C(=O)c1ccc(F)cc1. The minimum absolute atomic E-state index is 0.149. The Kier molecular flexibility index (Phi) is 6.63. The predicted molar refractivity (Wildman–Crippen MR) is 61.9 cm³/mol. The summed E-state index contributed by atoms with van der Waals surface area (Å²) in [6.45, 7) is 7.83. The van der Waals surface area contributed by atoms with Crippen LogP contribution in [0.4, 0.5) is 4.39 Å². The van der Waals surface area contributed by atoms with Crippen LogP contribution in [0.3, 0.4) is 0 Å². The second-order valence-electron chi connectivity index (χ2n) is 2.75. The minimum atomic E-state index is -0.509. The molecule has 0 bridgehead atoms. The first kappa shape index (κ1) is 13.8. The lowest BCUT2D eigenvalue weighted by atomic mass is 10.1. The van der Waals surface area contributed by atoms with Gasteiger partial charge >= 0.3 is 0 Å². The number of benzene rings is 1. The molecule has 0 spiro atoms. The normalized spacial score (nSPS) is 11.1. The van der Waals surface area contributed by atoms with Gasteiger partial charge in [-0.15, -0.1) is 24.8 Å². The quantitative estimate of drug-likeness (QED) is 0.437. The Balaban J connectivity index is 0.000000921. The fourth-order valence-electron chi connectivity index (χ4n) is 0.980. The molecule has 1 aromatic carbocycles. The maximum atomic E-state index is 12.5. The topological polar surface area (TPSA) is 17.1 Å². The van der Waals surface area contributed by atoms with Crippen LogP contribution in [0.25, 0.3) is 0 Å². The van der Waals surface area contributed by atoms with Crippen LogP contribution in [-0.2, 0) is 0 Å². The minimum Gasteiger partial charge on any atom is -0.293 e. The van der Waals surface area contributed by atoms with Gasteiger partial charge in [0.15, 0.2) is 5.78 Å². The third kappa shape index (κ3) is 4.26. The molecule has 1 rings (SSSR count). The maximum absolute atomic E-state index is 12.5. The van der Waals surface area contributed by atoms with Crippen molar-refractivity contribution in [2.24, 2.45) is 0 Å². The summed E-state index contributed by atoms with van der Waals surface area (Å²) in [4.78, 5) is 11.4. The van der Waals surface area contributed by atoms with E-state index in [1.54, 1.807) is 0 Å². The number of carbonyl (C=O) groups is 1. The highest BCUT2D eigenvalue weighted by Gasteiger charge is 2.14. The number of hydrogen-bond donors (Lipinski definition) is 0. The number of halogens is 2. The summed E-state index contributed by atoms with van der Waals surface area (Å²) in [6, 6.07) is 5.41. The van der Waals surface area contributed by atoms with Gasteiger partial charge < -0.3 is 0 Å². The second kappa shape index (κ2) is 7.18. The van der Waals surface area contributed by atoms with E-state index in [2.05, 4.69) is 13.2 Å². The fraction of sp³-hybridized carbons (Fsp3) is 0.250. The number of alkyl halides is 1. The molecule has 3 heteroatoms. The molecule has 0 amide bonds. The molecule has 0 fully saturated rings. The largest absolute Gasteiger partial charge is 0.293 e. The van der Waals surface area contributed by atoms with Crippen molar-refractivity contribution in [3.8, 4) is 0 Å². The molecule has 0 radical (unpaired) electrons. The molecular formula is C12H14ClFO. The molecule has 0 aliphatic heterocycles. The van der Waals surface area contributed by atoms with E-state index in [1.165, 1.54) is 24.3 Å². The second-order valence-corrected chi connectivity index (χ2v) is 3.27. The van der Waals surface area contributed by atoms with Gasteiger partial charge in [-0.25, -0.2) is 4.39 Å². The Morgan fingerprint density at radius 2 is 1.87 bits per heavy atom. The molecule has 0 aliphatic carbocycles. The van der Waals surface area contributed by atoms with Crippen molar-refractivity contribution in [1.82, 2.24) is 0 Å². The molecule has 82 valence electrons. The molecule has 0 saturated heterocycles. The number of hydrogen-bond acceptors (Lipinski definition) is 1. The van der Waals surface area contributed by atoms with Gasteiger partial charge in [-0.3, -0.25) is 4.79 Å². The zero-order chi connectivity index (χ0) is 11.8.